The molecule has 5 nitrogen and oxygen atoms in total. The monoisotopic (exact) mass is 266 g/mol. The van der Waals surface area contributed by atoms with E-state index in [1.165, 1.54) is 0 Å². The molecule has 106 valence electrons. The minimum absolute atomic E-state index is 0.00211. The lowest BCUT2D eigenvalue weighted by Gasteiger charge is -2.26. The van der Waals surface area contributed by atoms with Crippen molar-refractivity contribution in [3.63, 3.8) is 0 Å². The van der Waals surface area contributed by atoms with Crippen LogP contribution in [0.3, 0.4) is 0 Å². The molecule has 0 amide bonds. The molecule has 19 heavy (non-hydrogen) atoms. The van der Waals surface area contributed by atoms with Crippen LogP contribution in [0.5, 0.6) is 5.75 Å². The van der Waals surface area contributed by atoms with Gasteiger partial charge in [0.25, 0.3) is 0 Å². The third-order valence-corrected chi connectivity index (χ3v) is 2.90. The van der Waals surface area contributed by atoms with Crippen LogP contribution in [0.1, 0.15) is 41.0 Å². The predicted molar refractivity (Wildman–Crippen MR) is 76.9 cm³/mol. The Morgan fingerprint density at radius 1 is 1.42 bits per heavy atom. The van der Waals surface area contributed by atoms with E-state index in [2.05, 4.69) is 5.32 Å². The Morgan fingerprint density at radius 2 is 2.05 bits per heavy atom. The summed E-state index contributed by atoms with van der Waals surface area (Å²) in [6.07, 6.45) is 0.757. The molecule has 5 heteroatoms. The molecule has 0 heterocycles. The summed E-state index contributed by atoms with van der Waals surface area (Å²) < 4.78 is 5.51. The van der Waals surface area contributed by atoms with Gasteiger partial charge in [-0.1, -0.05) is 13.0 Å². The van der Waals surface area contributed by atoms with Gasteiger partial charge in [0.05, 0.1) is 11.0 Å². The molecule has 0 aromatic heterocycles. The highest BCUT2D eigenvalue weighted by atomic mass is 16.6. The SMILES string of the molecule is CCC(C)(C)Nc1cccc(OC(C)C)c1[N+](=O)[O-]. The lowest BCUT2D eigenvalue weighted by atomic mass is 10.0. The fourth-order valence-electron chi connectivity index (χ4n) is 1.61. The maximum atomic E-state index is 11.3. The van der Waals surface area contributed by atoms with Crippen molar-refractivity contribution < 1.29 is 9.66 Å². The number of benzene rings is 1. The zero-order valence-corrected chi connectivity index (χ0v) is 12.2. The predicted octanol–water partition coefficient (Wildman–Crippen LogP) is 3.98. The first kappa shape index (κ1) is 15.3. The Labute approximate surface area is 114 Å². The zero-order valence-electron chi connectivity index (χ0n) is 12.2. The molecule has 0 radical (unpaired) electrons. The van der Waals surface area contributed by atoms with Crippen LogP contribution < -0.4 is 10.1 Å². The van der Waals surface area contributed by atoms with E-state index in [4.69, 9.17) is 4.74 Å². The van der Waals surface area contributed by atoms with Crippen molar-refractivity contribution in [2.45, 2.75) is 52.7 Å². The van der Waals surface area contributed by atoms with Gasteiger partial charge in [0, 0.05) is 5.54 Å². The Kier molecular flexibility index (Phi) is 4.75. The van der Waals surface area contributed by atoms with Gasteiger partial charge < -0.3 is 10.1 Å². The fourth-order valence-corrected chi connectivity index (χ4v) is 1.61. The van der Waals surface area contributed by atoms with Crippen LogP contribution in [-0.2, 0) is 0 Å². The largest absolute Gasteiger partial charge is 0.484 e. The summed E-state index contributed by atoms with van der Waals surface area (Å²) in [5, 5.41) is 14.5. The molecule has 0 unspecified atom stereocenters. The van der Waals surface area contributed by atoms with Gasteiger partial charge in [0.1, 0.15) is 5.69 Å². The van der Waals surface area contributed by atoms with Crippen molar-refractivity contribution in [1.82, 2.24) is 0 Å². The Hall–Kier alpha value is -1.78. The number of para-hydroxylation sites is 1. The van der Waals surface area contributed by atoms with Gasteiger partial charge >= 0.3 is 5.69 Å². The van der Waals surface area contributed by atoms with Crippen molar-refractivity contribution in [2.24, 2.45) is 0 Å². The van der Waals surface area contributed by atoms with Crippen molar-refractivity contribution >= 4 is 11.4 Å². The van der Waals surface area contributed by atoms with E-state index in [1.807, 2.05) is 34.6 Å². The van der Waals surface area contributed by atoms with Crippen molar-refractivity contribution in [2.75, 3.05) is 5.32 Å². The molecule has 0 saturated carbocycles. The Balaban J connectivity index is 3.20. The van der Waals surface area contributed by atoms with Crippen molar-refractivity contribution in [3.05, 3.63) is 28.3 Å². The van der Waals surface area contributed by atoms with Crippen LogP contribution in [0.15, 0.2) is 18.2 Å². The molecule has 0 aliphatic carbocycles. The number of hydrogen-bond acceptors (Lipinski definition) is 4. The van der Waals surface area contributed by atoms with Crippen LogP contribution in [0.2, 0.25) is 0 Å². The van der Waals surface area contributed by atoms with E-state index in [9.17, 15) is 10.1 Å². The highest BCUT2D eigenvalue weighted by Crippen LogP contribution is 2.37. The average Bonchev–Trinajstić information content (AvgIpc) is 2.27. The van der Waals surface area contributed by atoms with Crippen LogP contribution >= 0.6 is 0 Å². The molecule has 0 spiro atoms. The molecular formula is C14H22N2O3. The molecule has 1 aromatic carbocycles. The molecule has 1 rings (SSSR count). The lowest BCUT2D eigenvalue weighted by molar-refractivity contribution is -0.385. The summed E-state index contributed by atoms with van der Waals surface area (Å²) in [5.41, 5.74) is 0.286. The summed E-state index contributed by atoms with van der Waals surface area (Å²) in [5.74, 6) is 0.303. The number of rotatable bonds is 6. The van der Waals surface area contributed by atoms with Gasteiger partial charge in [-0.25, -0.2) is 0 Å². The maximum Gasteiger partial charge on any atom is 0.333 e. The van der Waals surface area contributed by atoms with E-state index >= 15 is 0 Å². The van der Waals surface area contributed by atoms with E-state index in [-0.39, 0.29) is 17.3 Å². The molecule has 1 aromatic rings. The molecule has 1 N–H and O–H groups in total. The van der Waals surface area contributed by atoms with Crippen LogP contribution in [0, 0.1) is 10.1 Å². The maximum absolute atomic E-state index is 11.3. The Bertz CT molecular complexity index is 456. The molecule has 0 atom stereocenters. The normalized spacial score (nSPS) is 11.5. The van der Waals surface area contributed by atoms with E-state index in [0.29, 0.717) is 11.4 Å². The topological polar surface area (TPSA) is 64.4 Å². The van der Waals surface area contributed by atoms with E-state index in [1.54, 1.807) is 18.2 Å². The summed E-state index contributed by atoms with van der Waals surface area (Å²) in [6, 6.07) is 5.10. The molecule has 0 bridgehead atoms. The number of anilines is 1. The van der Waals surface area contributed by atoms with Crippen LogP contribution in [-0.4, -0.2) is 16.6 Å². The highest BCUT2D eigenvalue weighted by molar-refractivity contribution is 5.69. The van der Waals surface area contributed by atoms with Gasteiger partial charge in [-0.15, -0.1) is 0 Å². The van der Waals surface area contributed by atoms with Gasteiger partial charge in [0.2, 0.25) is 0 Å². The minimum atomic E-state index is -0.397. The van der Waals surface area contributed by atoms with Crippen LogP contribution in [0.25, 0.3) is 0 Å². The van der Waals surface area contributed by atoms with Gasteiger partial charge in [-0.05, 0) is 46.2 Å². The second-order valence-corrected chi connectivity index (χ2v) is 5.44. The van der Waals surface area contributed by atoms with E-state index < -0.39 is 4.92 Å². The molecule has 0 aliphatic rings. The smallest absolute Gasteiger partial charge is 0.333 e. The summed E-state index contributed by atoms with van der Waals surface area (Å²) >= 11 is 0. The average molecular weight is 266 g/mol. The minimum Gasteiger partial charge on any atom is -0.484 e. The number of nitrogens with one attached hydrogen (secondary N) is 1. The van der Waals surface area contributed by atoms with Crippen molar-refractivity contribution in [3.8, 4) is 5.75 Å². The Morgan fingerprint density at radius 3 is 2.53 bits per heavy atom. The number of nitro benzene ring substituents is 1. The van der Waals surface area contributed by atoms with Gasteiger partial charge in [-0.3, -0.25) is 10.1 Å². The quantitative estimate of drug-likeness (QED) is 0.624. The number of hydrogen-bond donors (Lipinski definition) is 1. The lowest BCUT2D eigenvalue weighted by Crippen LogP contribution is -2.30. The standard InChI is InChI=1S/C14H22N2O3/c1-6-14(4,5)15-11-8-7-9-12(19-10(2)3)13(11)16(17)18/h7-10,15H,6H2,1-5H3. The summed E-state index contributed by atoms with van der Waals surface area (Å²) in [6.45, 7) is 9.74. The first-order chi connectivity index (χ1) is 8.76. The first-order valence-corrected chi connectivity index (χ1v) is 6.49. The zero-order chi connectivity index (χ0) is 14.6. The number of nitro groups is 1. The number of ether oxygens (including phenoxy) is 1. The number of nitrogens with zero attached hydrogens (tertiary/aromatic N) is 1. The molecule has 0 saturated heterocycles. The third kappa shape index (κ3) is 4.12. The third-order valence-electron chi connectivity index (χ3n) is 2.90. The molecular weight excluding hydrogens is 244 g/mol. The highest BCUT2D eigenvalue weighted by Gasteiger charge is 2.25. The van der Waals surface area contributed by atoms with Crippen molar-refractivity contribution in [1.29, 1.82) is 0 Å². The summed E-state index contributed by atoms with van der Waals surface area (Å²) in [7, 11) is 0. The van der Waals surface area contributed by atoms with Gasteiger partial charge in [-0.2, -0.15) is 0 Å². The first-order valence-electron chi connectivity index (χ1n) is 6.49. The summed E-state index contributed by atoms with van der Waals surface area (Å²) in [4.78, 5) is 10.9. The second-order valence-electron chi connectivity index (χ2n) is 5.44. The van der Waals surface area contributed by atoms with Gasteiger partial charge in [0.15, 0.2) is 5.75 Å². The molecule has 0 aliphatic heterocycles. The van der Waals surface area contributed by atoms with Crippen LogP contribution in [0.4, 0.5) is 11.4 Å². The second kappa shape index (κ2) is 5.91. The molecule has 0 fully saturated rings. The van der Waals surface area contributed by atoms with E-state index in [0.717, 1.165) is 6.42 Å². The fraction of sp³-hybridized carbons (Fsp3) is 0.571.